The Labute approximate surface area is 70.9 Å². The Morgan fingerprint density at radius 3 is 1.67 bits per heavy atom. The van der Waals surface area contributed by atoms with Gasteiger partial charge in [0.25, 0.3) is 0 Å². The largest absolute Gasteiger partial charge is 0.526 e. The van der Waals surface area contributed by atoms with E-state index in [1.807, 2.05) is 0 Å². The average Bonchev–Trinajstić information content (AvgIpc) is 1.86. The van der Waals surface area contributed by atoms with Crippen LogP contribution in [0.1, 0.15) is 0 Å². The van der Waals surface area contributed by atoms with E-state index in [4.69, 9.17) is 20.0 Å². The zero-order chi connectivity index (χ0) is 9.83. The Kier molecular flexibility index (Phi) is 4.33. The van der Waals surface area contributed by atoms with Crippen molar-refractivity contribution < 1.29 is 28.8 Å². The van der Waals surface area contributed by atoms with Crippen LogP contribution in [0.25, 0.3) is 0 Å². The van der Waals surface area contributed by atoms with Gasteiger partial charge in [-0.1, -0.05) is 0 Å². The summed E-state index contributed by atoms with van der Waals surface area (Å²) in [6, 6.07) is 0. The molecule has 0 bridgehead atoms. The number of nitrogens with zero attached hydrogens (tertiary/aromatic N) is 1. The van der Waals surface area contributed by atoms with Gasteiger partial charge in [0.05, 0.1) is 20.3 Å². The van der Waals surface area contributed by atoms with Gasteiger partial charge in [0.1, 0.15) is 13.1 Å². The zero-order valence-corrected chi connectivity index (χ0v) is 7.81. The summed E-state index contributed by atoms with van der Waals surface area (Å²) >= 11 is 0. The van der Waals surface area contributed by atoms with E-state index in [-0.39, 0.29) is 26.3 Å². The molecule has 0 saturated heterocycles. The standard InChI is InChI=1S/C5H14NO5P/c1-6(2-4-7,3-5-8)12(9,10)11/h7-8H,2-5H2,1H3,(H-,9,10,11)/p+1. The van der Waals surface area contributed by atoms with Gasteiger partial charge < -0.3 is 10.2 Å². The lowest BCUT2D eigenvalue weighted by molar-refractivity contribution is -0.804. The van der Waals surface area contributed by atoms with Crippen LogP contribution in [0.4, 0.5) is 0 Å². The monoisotopic (exact) mass is 200 g/mol. The van der Waals surface area contributed by atoms with Gasteiger partial charge in [-0.15, -0.1) is 0 Å². The van der Waals surface area contributed by atoms with Gasteiger partial charge in [0.15, 0.2) is 0 Å². The number of rotatable bonds is 5. The quantitative estimate of drug-likeness (QED) is 0.405. The Balaban J connectivity index is 4.50. The molecule has 7 heteroatoms. The first-order valence-corrected chi connectivity index (χ1v) is 5.06. The molecule has 0 aromatic rings. The molecule has 74 valence electrons. The van der Waals surface area contributed by atoms with Crippen molar-refractivity contribution in [2.75, 3.05) is 33.4 Å². The third-order valence-electron chi connectivity index (χ3n) is 1.79. The first-order chi connectivity index (χ1) is 5.37. The van der Waals surface area contributed by atoms with E-state index in [0.717, 1.165) is 0 Å². The molecule has 0 fully saturated rings. The van der Waals surface area contributed by atoms with Crippen molar-refractivity contribution >= 4 is 7.75 Å². The normalized spacial score (nSPS) is 13.4. The highest BCUT2D eigenvalue weighted by Crippen LogP contribution is 2.45. The summed E-state index contributed by atoms with van der Waals surface area (Å²) in [6.45, 7) is -0.765. The number of likely N-dealkylation sites (N-methyl/N-ethyl adjacent to an activating group) is 1. The van der Waals surface area contributed by atoms with Crippen LogP contribution in [0.5, 0.6) is 0 Å². The van der Waals surface area contributed by atoms with Crippen LogP contribution in [-0.4, -0.2) is 57.6 Å². The highest BCUT2D eigenvalue weighted by atomic mass is 31.2. The molecule has 0 aliphatic carbocycles. The zero-order valence-electron chi connectivity index (χ0n) is 6.92. The van der Waals surface area contributed by atoms with Crippen LogP contribution < -0.4 is 0 Å². The van der Waals surface area contributed by atoms with Gasteiger partial charge in [0.2, 0.25) is 0 Å². The highest BCUT2D eigenvalue weighted by Gasteiger charge is 2.40. The van der Waals surface area contributed by atoms with E-state index in [1.54, 1.807) is 0 Å². The molecule has 12 heavy (non-hydrogen) atoms. The van der Waals surface area contributed by atoms with Crippen molar-refractivity contribution in [3.8, 4) is 0 Å². The first kappa shape index (κ1) is 12.0. The maximum absolute atomic E-state index is 10.9. The van der Waals surface area contributed by atoms with E-state index in [9.17, 15) is 4.57 Å². The van der Waals surface area contributed by atoms with Crippen LogP contribution in [-0.2, 0) is 4.57 Å². The molecule has 0 amide bonds. The molecule has 0 spiro atoms. The number of hydrogen-bond acceptors (Lipinski definition) is 3. The van der Waals surface area contributed by atoms with Crippen molar-refractivity contribution in [1.82, 2.24) is 0 Å². The fourth-order valence-electron chi connectivity index (χ4n) is 0.803. The summed E-state index contributed by atoms with van der Waals surface area (Å²) in [6.07, 6.45) is 0. The fraction of sp³-hybridized carbons (Fsp3) is 1.00. The average molecular weight is 200 g/mol. The number of aliphatic hydroxyl groups excluding tert-OH is 2. The Bertz CT molecular complexity index is 173. The predicted octanol–water partition coefficient (Wildman–Crippen LogP) is -1.49. The molecule has 0 heterocycles. The van der Waals surface area contributed by atoms with Crippen LogP contribution in [0.15, 0.2) is 0 Å². The van der Waals surface area contributed by atoms with Crippen LogP contribution >= 0.6 is 7.75 Å². The molecule has 4 N–H and O–H groups in total. The minimum Gasteiger partial charge on any atom is -0.391 e. The number of quaternary nitrogens is 1. The molecular weight excluding hydrogens is 185 g/mol. The lowest BCUT2D eigenvalue weighted by atomic mass is 10.5. The highest BCUT2D eigenvalue weighted by molar-refractivity contribution is 7.45. The van der Waals surface area contributed by atoms with Crippen LogP contribution in [0.2, 0.25) is 0 Å². The smallest absolute Gasteiger partial charge is 0.391 e. The predicted molar refractivity (Wildman–Crippen MR) is 42.1 cm³/mol. The van der Waals surface area contributed by atoms with E-state index >= 15 is 0 Å². The number of hydrogen-bond donors (Lipinski definition) is 4. The molecule has 0 radical (unpaired) electrons. The van der Waals surface area contributed by atoms with Gasteiger partial charge in [-0.05, 0) is 0 Å². The van der Waals surface area contributed by atoms with E-state index in [1.165, 1.54) is 7.05 Å². The molecule has 0 rings (SSSR count). The lowest BCUT2D eigenvalue weighted by Crippen LogP contribution is -2.44. The summed E-state index contributed by atoms with van der Waals surface area (Å²) in [5.41, 5.74) is 0. The van der Waals surface area contributed by atoms with Crippen molar-refractivity contribution in [2.45, 2.75) is 0 Å². The molecule has 6 nitrogen and oxygen atoms in total. The minimum absolute atomic E-state index is 0.0646. The molecule has 0 aliphatic heterocycles. The van der Waals surface area contributed by atoms with Crippen LogP contribution in [0, 0.1) is 0 Å². The van der Waals surface area contributed by atoms with Crippen molar-refractivity contribution in [1.29, 1.82) is 0 Å². The summed E-state index contributed by atoms with van der Waals surface area (Å²) in [4.78, 5) is 17.7. The van der Waals surface area contributed by atoms with Crippen molar-refractivity contribution in [3.05, 3.63) is 0 Å². The number of aliphatic hydroxyl groups is 2. The molecule has 0 unspecified atom stereocenters. The second-order valence-electron chi connectivity index (χ2n) is 2.75. The van der Waals surface area contributed by atoms with Crippen molar-refractivity contribution in [2.24, 2.45) is 0 Å². The molecular formula is C5H15NO5P+. The summed E-state index contributed by atoms with van der Waals surface area (Å²) in [5.74, 6) is 0. The maximum atomic E-state index is 10.9. The van der Waals surface area contributed by atoms with E-state index in [2.05, 4.69) is 0 Å². The second kappa shape index (κ2) is 4.32. The Morgan fingerprint density at radius 1 is 1.17 bits per heavy atom. The molecule has 0 atom stereocenters. The Morgan fingerprint density at radius 2 is 1.50 bits per heavy atom. The lowest BCUT2D eigenvalue weighted by Gasteiger charge is -2.32. The SMILES string of the molecule is C[N+](CCO)(CCO)P(=O)(O)O. The van der Waals surface area contributed by atoms with Crippen molar-refractivity contribution in [3.63, 3.8) is 0 Å². The van der Waals surface area contributed by atoms with Gasteiger partial charge in [-0.25, -0.2) is 8.82 Å². The third-order valence-corrected chi connectivity index (χ3v) is 3.45. The topological polar surface area (TPSA) is 98.0 Å². The van der Waals surface area contributed by atoms with Gasteiger partial charge >= 0.3 is 7.75 Å². The fourth-order valence-corrected chi connectivity index (χ4v) is 1.50. The Hall–Kier alpha value is 0.0300. The molecule has 0 aromatic heterocycles. The second-order valence-corrected chi connectivity index (χ2v) is 4.74. The van der Waals surface area contributed by atoms with Gasteiger partial charge in [0, 0.05) is 0 Å². The summed E-state index contributed by atoms with van der Waals surface area (Å²) in [5, 5.41) is 17.1. The molecule has 0 aliphatic rings. The summed E-state index contributed by atoms with van der Waals surface area (Å²) in [7, 11) is -3.00. The van der Waals surface area contributed by atoms with E-state index < -0.39 is 12.0 Å². The van der Waals surface area contributed by atoms with E-state index in [0.29, 0.717) is 0 Å². The summed E-state index contributed by atoms with van der Waals surface area (Å²) < 4.78 is 10.3. The third kappa shape index (κ3) is 2.82. The molecule has 0 saturated carbocycles. The van der Waals surface area contributed by atoms with Gasteiger partial charge in [-0.3, -0.25) is 9.79 Å². The first-order valence-electron chi connectivity index (χ1n) is 3.49. The van der Waals surface area contributed by atoms with Crippen LogP contribution in [0.3, 0.4) is 0 Å². The minimum atomic E-state index is -4.30. The van der Waals surface area contributed by atoms with Gasteiger partial charge in [-0.2, -0.15) is 0 Å². The maximum Gasteiger partial charge on any atom is 0.526 e. The molecule has 0 aromatic carbocycles.